The largest absolute Gasteiger partial charge is 0.290 e. The molecule has 2 aliphatic carbocycles. The van der Waals surface area contributed by atoms with Crippen LogP contribution in [0.3, 0.4) is 0 Å². The van der Waals surface area contributed by atoms with E-state index in [-0.39, 0.29) is 11.0 Å². The maximum absolute atomic E-state index is 13.4. The number of aromatic nitrogens is 2. The zero-order chi connectivity index (χ0) is 18.3. The van der Waals surface area contributed by atoms with Crippen molar-refractivity contribution >= 4 is 11.8 Å². The number of rotatable bonds is 3. The first-order valence-corrected chi connectivity index (χ1v) is 10.5. The van der Waals surface area contributed by atoms with Crippen LogP contribution >= 0.6 is 11.8 Å². The van der Waals surface area contributed by atoms with Gasteiger partial charge in [0.1, 0.15) is 0 Å². The van der Waals surface area contributed by atoms with Crippen LogP contribution in [-0.2, 0) is 18.9 Å². The predicted molar refractivity (Wildman–Crippen MR) is 109 cm³/mol. The minimum absolute atomic E-state index is 0.0265. The van der Waals surface area contributed by atoms with Gasteiger partial charge in [-0.3, -0.25) is 9.36 Å². The molecule has 0 radical (unpaired) electrons. The molecule has 4 rings (SSSR count). The van der Waals surface area contributed by atoms with E-state index >= 15 is 0 Å². The van der Waals surface area contributed by atoms with Crippen LogP contribution in [0.1, 0.15) is 50.2 Å². The van der Waals surface area contributed by atoms with Crippen LogP contribution in [0.15, 0.2) is 46.4 Å². The molecule has 136 valence electrons. The molecule has 1 heterocycles. The predicted octanol–water partition coefficient (Wildman–Crippen LogP) is 4.87. The van der Waals surface area contributed by atoms with Gasteiger partial charge in [-0.15, -0.1) is 0 Å². The van der Waals surface area contributed by atoms with Gasteiger partial charge < -0.3 is 0 Å². The zero-order valence-corrected chi connectivity index (χ0v) is 16.5. The van der Waals surface area contributed by atoms with Gasteiger partial charge in [-0.1, -0.05) is 67.4 Å². The Morgan fingerprint density at radius 3 is 2.73 bits per heavy atom. The van der Waals surface area contributed by atoms with Crippen molar-refractivity contribution in [1.29, 1.82) is 0 Å². The number of hydrogen-bond donors (Lipinski definition) is 0. The number of benzene rings is 1. The molecule has 2 aliphatic rings. The molecular weight excluding hydrogens is 340 g/mol. The first-order valence-electron chi connectivity index (χ1n) is 9.49. The smallest absolute Gasteiger partial charge is 0.258 e. The van der Waals surface area contributed by atoms with Crippen LogP contribution in [0.4, 0.5) is 0 Å². The summed E-state index contributed by atoms with van der Waals surface area (Å²) in [5.41, 5.74) is 5.61. The lowest BCUT2D eigenvalue weighted by molar-refractivity contribution is 0.283. The van der Waals surface area contributed by atoms with E-state index in [2.05, 4.69) is 30.8 Å². The van der Waals surface area contributed by atoms with Crippen molar-refractivity contribution in [3.63, 3.8) is 0 Å². The fourth-order valence-electron chi connectivity index (χ4n) is 4.59. The molecule has 0 N–H and O–H groups in total. The second-order valence-electron chi connectivity index (χ2n) is 7.90. The van der Waals surface area contributed by atoms with Gasteiger partial charge in [0.2, 0.25) is 0 Å². The van der Waals surface area contributed by atoms with Crippen LogP contribution < -0.4 is 5.56 Å². The fraction of sp³-hybridized carbons (Fsp3) is 0.455. The number of nitrogens with zero attached hydrogens (tertiary/aromatic N) is 2. The molecule has 1 saturated carbocycles. The van der Waals surface area contributed by atoms with E-state index in [1.165, 1.54) is 24.8 Å². The van der Waals surface area contributed by atoms with Crippen LogP contribution in [0.5, 0.6) is 0 Å². The van der Waals surface area contributed by atoms with Gasteiger partial charge in [0, 0.05) is 23.8 Å². The summed E-state index contributed by atoms with van der Waals surface area (Å²) in [6.45, 7) is 5.99. The monoisotopic (exact) mass is 366 g/mol. The molecule has 0 bridgehead atoms. The molecule has 0 saturated heterocycles. The Bertz CT molecular complexity index is 922. The quantitative estimate of drug-likeness (QED) is 0.441. The summed E-state index contributed by atoms with van der Waals surface area (Å²) < 4.78 is 1.76. The van der Waals surface area contributed by atoms with E-state index in [0.29, 0.717) is 0 Å². The number of hydrogen-bond acceptors (Lipinski definition) is 3. The van der Waals surface area contributed by atoms with E-state index in [4.69, 9.17) is 4.98 Å². The third-order valence-electron chi connectivity index (χ3n) is 5.84. The molecule has 3 nitrogen and oxygen atoms in total. The Morgan fingerprint density at radius 1 is 1.27 bits per heavy atom. The van der Waals surface area contributed by atoms with Gasteiger partial charge in [-0.2, -0.15) is 0 Å². The average molecular weight is 367 g/mol. The SMILES string of the molecule is C=C(C)CSc1nc2c(c(=O)n1C)C1(CCCCC1)Cc1ccccc1-2. The Hall–Kier alpha value is -1.81. The van der Waals surface area contributed by atoms with Gasteiger partial charge in [0.05, 0.1) is 11.3 Å². The lowest BCUT2D eigenvalue weighted by Gasteiger charge is -2.42. The molecule has 1 fully saturated rings. The van der Waals surface area contributed by atoms with Crippen molar-refractivity contribution in [3.8, 4) is 11.3 Å². The van der Waals surface area contributed by atoms with Crippen molar-refractivity contribution in [2.24, 2.45) is 7.05 Å². The molecule has 1 aromatic heterocycles. The van der Waals surface area contributed by atoms with Gasteiger partial charge in [-0.05, 0) is 31.7 Å². The maximum atomic E-state index is 13.4. The molecule has 1 aromatic carbocycles. The minimum atomic E-state index is -0.0265. The van der Waals surface area contributed by atoms with Crippen molar-refractivity contribution in [3.05, 3.63) is 57.9 Å². The molecule has 4 heteroatoms. The van der Waals surface area contributed by atoms with Gasteiger partial charge in [0.15, 0.2) is 5.16 Å². The van der Waals surface area contributed by atoms with Crippen molar-refractivity contribution in [2.45, 2.75) is 56.0 Å². The third-order valence-corrected chi connectivity index (χ3v) is 7.10. The minimum Gasteiger partial charge on any atom is -0.290 e. The topological polar surface area (TPSA) is 34.9 Å². The summed E-state index contributed by atoms with van der Waals surface area (Å²) in [7, 11) is 1.87. The van der Waals surface area contributed by atoms with E-state index in [1.807, 2.05) is 14.0 Å². The molecule has 1 spiro atoms. The molecule has 0 aliphatic heterocycles. The Kier molecular flexibility index (Phi) is 4.55. The summed E-state index contributed by atoms with van der Waals surface area (Å²) in [6, 6.07) is 8.51. The lowest BCUT2D eigenvalue weighted by Crippen LogP contribution is -2.42. The highest BCUT2D eigenvalue weighted by Crippen LogP contribution is 2.48. The van der Waals surface area contributed by atoms with E-state index in [9.17, 15) is 4.79 Å². The first kappa shape index (κ1) is 17.6. The van der Waals surface area contributed by atoms with E-state index in [1.54, 1.807) is 16.3 Å². The maximum Gasteiger partial charge on any atom is 0.258 e. The van der Waals surface area contributed by atoms with Gasteiger partial charge in [0.25, 0.3) is 5.56 Å². The second-order valence-corrected chi connectivity index (χ2v) is 8.85. The molecule has 2 aromatic rings. The van der Waals surface area contributed by atoms with Crippen LogP contribution in [0.25, 0.3) is 11.3 Å². The number of fused-ring (bicyclic) bond motifs is 4. The number of thioether (sulfide) groups is 1. The van der Waals surface area contributed by atoms with Crippen LogP contribution in [0.2, 0.25) is 0 Å². The first-order chi connectivity index (χ1) is 12.5. The van der Waals surface area contributed by atoms with Gasteiger partial charge in [-0.25, -0.2) is 4.98 Å². The van der Waals surface area contributed by atoms with E-state index in [0.717, 1.165) is 52.6 Å². The fourth-order valence-corrected chi connectivity index (χ4v) is 5.39. The highest BCUT2D eigenvalue weighted by Gasteiger charge is 2.43. The summed E-state index contributed by atoms with van der Waals surface area (Å²) >= 11 is 1.60. The van der Waals surface area contributed by atoms with E-state index < -0.39 is 0 Å². The summed E-state index contributed by atoms with van der Waals surface area (Å²) in [4.78, 5) is 18.5. The normalized spacial score (nSPS) is 17.6. The summed E-state index contributed by atoms with van der Waals surface area (Å²) in [5, 5.41) is 0.791. The Balaban J connectivity index is 1.94. The van der Waals surface area contributed by atoms with Crippen molar-refractivity contribution in [1.82, 2.24) is 9.55 Å². The molecular formula is C22H26N2OS. The summed E-state index contributed by atoms with van der Waals surface area (Å²) in [5.74, 6) is 0.784. The van der Waals surface area contributed by atoms with Crippen LogP contribution in [-0.4, -0.2) is 15.3 Å². The zero-order valence-electron chi connectivity index (χ0n) is 15.7. The highest BCUT2D eigenvalue weighted by molar-refractivity contribution is 7.99. The standard InChI is InChI=1S/C22H26N2OS/c1-15(2)14-26-21-23-19-17-10-6-5-9-16(17)13-22(11-7-4-8-12-22)18(19)20(25)24(21)3/h5-6,9-10H,1,4,7-8,11-14H2,2-3H3. The molecule has 26 heavy (non-hydrogen) atoms. The summed E-state index contributed by atoms with van der Waals surface area (Å²) in [6.07, 6.45) is 6.87. The van der Waals surface area contributed by atoms with Crippen molar-refractivity contribution < 1.29 is 0 Å². The molecule has 0 atom stereocenters. The Morgan fingerprint density at radius 2 is 2.00 bits per heavy atom. The van der Waals surface area contributed by atoms with Gasteiger partial charge >= 0.3 is 0 Å². The Labute approximate surface area is 159 Å². The average Bonchev–Trinajstić information content (AvgIpc) is 2.63. The van der Waals surface area contributed by atoms with Crippen molar-refractivity contribution in [2.75, 3.05) is 5.75 Å². The lowest BCUT2D eigenvalue weighted by atomic mass is 9.62. The molecule has 0 amide bonds. The highest BCUT2D eigenvalue weighted by atomic mass is 32.2. The molecule has 0 unspecified atom stereocenters. The second kappa shape index (κ2) is 6.73. The van der Waals surface area contributed by atoms with Crippen LogP contribution in [0, 0.1) is 0 Å². The third kappa shape index (κ3) is 2.84.